The van der Waals surface area contributed by atoms with Crippen LogP contribution in [-0.4, -0.2) is 47.8 Å². The number of carbonyl (C=O) groups excluding carboxylic acids is 1. The van der Waals surface area contributed by atoms with Gasteiger partial charge in [0.2, 0.25) is 0 Å². The van der Waals surface area contributed by atoms with E-state index in [1.54, 1.807) is 0 Å². The Hall–Kier alpha value is -1.62. The summed E-state index contributed by atoms with van der Waals surface area (Å²) >= 11 is 1.17. The molecule has 1 unspecified atom stereocenters. The lowest BCUT2D eigenvalue weighted by Gasteiger charge is -2.13. The van der Waals surface area contributed by atoms with Gasteiger partial charge in [-0.1, -0.05) is 25.2 Å². The van der Waals surface area contributed by atoms with Crippen molar-refractivity contribution in [2.75, 3.05) is 19.7 Å². The molecule has 6 nitrogen and oxygen atoms in total. The summed E-state index contributed by atoms with van der Waals surface area (Å²) in [4.78, 5) is 16.4. The van der Waals surface area contributed by atoms with Crippen LogP contribution in [0, 0.1) is 12.3 Å². The van der Waals surface area contributed by atoms with Crippen molar-refractivity contribution in [2.24, 2.45) is 0 Å². The standard InChI is InChI=1S/C16H25N3O3S/c1-4-5-6-7-8-17-15(21)14-10-19-16(23-14)22-11-13(20)9-18-12(2)3/h1,10,12-13,18,20H,5-9,11H2,2-3H3,(H,17,21). The number of ether oxygens (including phenoxy) is 1. The van der Waals surface area contributed by atoms with Crippen LogP contribution in [0.15, 0.2) is 6.20 Å². The van der Waals surface area contributed by atoms with E-state index in [2.05, 4.69) is 21.5 Å². The summed E-state index contributed by atoms with van der Waals surface area (Å²) in [6.45, 7) is 5.19. The van der Waals surface area contributed by atoms with Gasteiger partial charge in [-0.15, -0.1) is 12.3 Å². The first-order valence-corrected chi connectivity index (χ1v) is 8.56. The molecule has 0 aliphatic rings. The molecule has 0 saturated carbocycles. The molecule has 0 spiro atoms. The zero-order valence-electron chi connectivity index (χ0n) is 13.7. The van der Waals surface area contributed by atoms with Gasteiger partial charge in [-0.25, -0.2) is 4.98 Å². The monoisotopic (exact) mass is 339 g/mol. The van der Waals surface area contributed by atoms with Crippen LogP contribution in [0.4, 0.5) is 0 Å². The van der Waals surface area contributed by atoms with Crippen molar-refractivity contribution in [3.63, 3.8) is 0 Å². The molecular weight excluding hydrogens is 314 g/mol. The van der Waals surface area contributed by atoms with Crippen molar-refractivity contribution in [1.29, 1.82) is 0 Å². The number of rotatable bonds is 11. The van der Waals surface area contributed by atoms with Crippen molar-refractivity contribution < 1.29 is 14.6 Å². The second kappa shape index (κ2) is 11.0. The molecule has 128 valence electrons. The molecule has 1 rings (SSSR count). The lowest BCUT2D eigenvalue weighted by Crippen LogP contribution is -2.35. The van der Waals surface area contributed by atoms with Crippen molar-refractivity contribution in [3.05, 3.63) is 11.1 Å². The molecule has 0 saturated heterocycles. The Bertz CT molecular complexity index is 511. The summed E-state index contributed by atoms with van der Waals surface area (Å²) in [7, 11) is 0. The number of amides is 1. The molecule has 0 bridgehead atoms. The molecule has 1 heterocycles. The van der Waals surface area contributed by atoms with Gasteiger partial charge in [-0.05, 0) is 12.8 Å². The number of nitrogens with zero attached hydrogens (tertiary/aromatic N) is 1. The predicted molar refractivity (Wildman–Crippen MR) is 91.8 cm³/mol. The van der Waals surface area contributed by atoms with E-state index >= 15 is 0 Å². The van der Waals surface area contributed by atoms with E-state index in [4.69, 9.17) is 11.2 Å². The third-order valence-electron chi connectivity index (χ3n) is 2.90. The maximum atomic E-state index is 11.9. The number of aliphatic hydroxyl groups is 1. The van der Waals surface area contributed by atoms with E-state index < -0.39 is 6.10 Å². The molecule has 1 atom stereocenters. The van der Waals surface area contributed by atoms with Crippen LogP contribution in [-0.2, 0) is 0 Å². The number of aromatic nitrogens is 1. The number of hydrogen-bond donors (Lipinski definition) is 3. The van der Waals surface area contributed by atoms with Crippen molar-refractivity contribution >= 4 is 17.2 Å². The Kier molecular flexibility index (Phi) is 9.29. The molecule has 7 heteroatoms. The van der Waals surface area contributed by atoms with Gasteiger partial charge >= 0.3 is 0 Å². The summed E-state index contributed by atoms with van der Waals surface area (Å²) in [5.74, 6) is 2.40. The van der Waals surface area contributed by atoms with Gasteiger partial charge in [0.05, 0.1) is 6.20 Å². The van der Waals surface area contributed by atoms with Gasteiger partial charge < -0.3 is 20.5 Å². The van der Waals surface area contributed by atoms with Crippen LogP contribution in [0.2, 0.25) is 0 Å². The van der Waals surface area contributed by atoms with E-state index in [1.807, 2.05) is 13.8 Å². The van der Waals surface area contributed by atoms with Gasteiger partial charge in [0.25, 0.3) is 11.1 Å². The molecule has 0 radical (unpaired) electrons. The average molecular weight is 339 g/mol. The largest absolute Gasteiger partial charge is 0.467 e. The molecular formula is C16H25N3O3S. The number of aliphatic hydroxyl groups excluding tert-OH is 1. The van der Waals surface area contributed by atoms with E-state index in [0.29, 0.717) is 29.2 Å². The van der Waals surface area contributed by atoms with Crippen LogP contribution in [0.5, 0.6) is 5.19 Å². The van der Waals surface area contributed by atoms with Crippen molar-refractivity contribution in [2.45, 2.75) is 45.3 Å². The molecule has 1 aromatic heterocycles. The minimum absolute atomic E-state index is 0.139. The minimum Gasteiger partial charge on any atom is -0.467 e. The van der Waals surface area contributed by atoms with Gasteiger partial charge in [0, 0.05) is 25.6 Å². The Morgan fingerprint density at radius 2 is 2.30 bits per heavy atom. The maximum absolute atomic E-state index is 11.9. The fraction of sp³-hybridized carbons (Fsp3) is 0.625. The highest BCUT2D eigenvalue weighted by molar-refractivity contribution is 7.15. The third kappa shape index (κ3) is 8.55. The Labute approximate surface area is 141 Å². The van der Waals surface area contributed by atoms with Gasteiger partial charge in [-0.3, -0.25) is 4.79 Å². The second-order valence-electron chi connectivity index (χ2n) is 5.44. The van der Waals surface area contributed by atoms with Crippen LogP contribution in [0.1, 0.15) is 42.8 Å². The lowest BCUT2D eigenvalue weighted by molar-refractivity contribution is 0.0957. The lowest BCUT2D eigenvalue weighted by atomic mass is 10.2. The van der Waals surface area contributed by atoms with E-state index in [9.17, 15) is 9.90 Å². The smallest absolute Gasteiger partial charge is 0.273 e. The Morgan fingerprint density at radius 3 is 3.00 bits per heavy atom. The third-order valence-corrected chi connectivity index (χ3v) is 3.81. The molecule has 3 N–H and O–H groups in total. The molecule has 1 amide bonds. The zero-order chi connectivity index (χ0) is 17.1. The quantitative estimate of drug-likeness (QED) is 0.419. The number of terminal acetylenes is 1. The minimum atomic E-state index is -0.616. The number of thiazole rings is 1. The average Bonchev–Trinajstić information content (AvgIpc) is 2.99. The Morgan fingerprint density at radius 1 is 1.52 bits per heavy atom. The Balaban J connectivity index is 2.28. The molecule has 0 aliphatic carbocycles. The molecule has 1 aromatic rings. The zero-order valence-corrected chi connectivity index (χ0v) is 14.5. The molecule has 0 aromatic carbocycles. The second-order valence-corrected chi connectivity index (χ2v) is 6.43. The summed E-state index contributed by atoms with van der Waals surface area (Å²) in [6, 6.07) is 0.306. The number of carbonyl (C=O) groups is 1. The number of unbranched alkanes of at least 4 members (excludes halogenated alkanes) is 2. The number of nitrogens with one attached hydrogen (secondary N) is 2. The van der Waals surface area contributed by atoms with Crippen molar-refractivity contribution in [1.82, 2.24) is 15.6 Å². The molecule has 23 heavy (non-hydrogen) atoms. The summed E-state index contributed by atoms with van der Waals surface area (Å²) in [5, 5.41) is 16.1. The van der Waals surface area contributed by atoms with E-state index in [0.717, 1.165) is 19.3 Å². The van der Waals surface area contributed by atoms with Crippen LogP contribution < -0.4 is 15.4 Å². The van der Waals surface area contributed by atoms with Gasteiger partial charge in [0.15, 0.2) is 0 Å². The van der Waals surface area contributed by atoms with E-state index in [-0.39, 0.29) is 12.5 Å². The summed E-state index contributed by atoms with van der Waals surface area (Å²) in [6.07, 6.45) is 8.51. The van der Waals surface area contributed by atoms with Crippen LogP contribution in [0.25, 0.3) is 0 Å². The summed E-state index contributed by atoms with van der Waals surface area (Å²) in [5.41, 5.74) is 0. The van der Waals surface area contributed by atoms with Crippen LogP contribution in [0.3, 0.4) is 0 Å². The van der Waals surface area contributed by atoms with E-state index in [1.165, 1.54) is 17.5 Å². The fourth-order valence-electron chi connectivity index (χ4n) is 1.67. The molecule has 0 aliphatic heterocycles. The molecule has 0 fully saturated rings. The maximum Gasteiger partial charge on any atom is 0.273 e. The normalized spacial score (nSPS) is 12.0. The number of hydrogen-bond acceptors (Lipinski definition) is 6. The van der Waals surface area contributed by atoms with Gasteiger partial charge in [0.1, 0.15) is 17.6 Å². The van der Waals surface area contributed by atoms with Gasteiger partial charge in [-0.2, -0.15) is 0 Å². The first-order chi connectivity index (χ1) is 11.0. The van der Waals surface area contributed by atoms with Crippen molar-refractivity contribution in [3.8, 4) is 17.5 Å². The fourth-order valence-corrected chi connectivity index (χ4v) is 2.36. The first kappa shape index (κ1) is 19.4. The SMILES string of the molecule is C#CCCCCNC(=O)c1cnc(OCC(O)CNC(C)C)s1. The summed E-state index contributed by atoms with van der Waals surface area (Å²) < 4.78 is 5.40. The highest BCUT2D eigenvalue weighted by atomic mass is 32.1. The highest BCUT2D eigenvalue weighted by Gasteiger charge is 2.12. The highest BCUT2D eigenvalue weighted by Crippen LogP contribution is 2.20. The predicted octanol–water partition coefficient (Wildman–Crippen LogP) is 1.41. The first-order valence-electron chi connectivity index (χ1n) is 7.74. The van der Waals surface area contributed by atoms with Crippen LogP contribution >= 0.6 is 11.3 Å². The topological polar surface area (TPSA) is 83.5 Å².